The van der Waals surface area contributed by atoms with E-state index in [1.54, 1.807) is 18.3 Å². The van der Waals surface area contributed by atoms with Gasteiger partial charge in [0.25, 0.3) is 11.7 Å². The zero-order valence-corrected chi connectivity index (χ0v) is 21.2. The first-order chi connectivity index (χ1) is 18.7. The van der Waals surface area contributed by atoms with Crippen molar-refractivity contribution in [1.29, 1.82) is 0 Å². The average molecular weight is 546 g/mol. The summed E-state index contributed by atoms with van der Waals surface area (Å²) < 4.78 is 47.1. The molecule has 12 heteroatoms. The number of nitrogens with one attached hydrogen (secondary N) is 2. The SMILES string of the molecule is O=[N+]([O-])c1ccc(N2CCC[C@H](NC3CCCCC3Nc3ncc(-c4ccc(OC(F)(F)F)cc4)o3)C2)cc1. The number of benzene rings is 2. The Labute approximate surface area is 223 Å². The minimum absolute atomic E-state index is 0.0868. The molecule has 9 nitrogen and oxygen atoms in total. The number of nitro benzene ring substituents is 1. The molecule has 208 valence electrons. The summed E-state index contributed by atoms with van der Waals surface area (Å²) in [5, 5.41) is 18.2. The first kappa shape index (κ1) is 26.8. The highest BCUT2D eigenvalue weighted by molar-refractivity contribution is 5.58. The first-order valence-electron chi connectivity index (χ1n) is 13.1. The van der Waals surface area contributed by atoms with Crippen LogP contribution in [0.5, 0.6) is 5.75 Å². The largest absolute Gasteiger partial charge is 0.573 e. The van der Waals surface area contributed by atoms with Crippen LogP contribution in [0, 0.1) is 10.1 Å². The van der Waals surface area contributed by atoms with Crippen LogP contribution < -0.4 is 20.3 Å². The summed E-state index contributed by atoms with van der Waals surface area (Å²) in [6, 6.07) is 13.2. The van der Waals surface area contributed by atoms with E-state index in [0.717, 1.165) is 57.3 Å². The number of alkyl halides is 3. The Morgan fingerprint density at radius 2 is 1.72 bits per heavy atom. The van der Waals surface area contributed by atoms with Crippen molar-refractivity contribution in [3.05, 3.63) is 64.8 Å². The fourth-order valence-electron chi connectivity index (χ4n) is 5.39. The molecule has 0 spiro atoms. The van der Waals surface area contributed by atoms with Crippen molar-refractivity contribution in [2.75, 3.05) is 23.3 Å². The molecule has 5 rings (SSSR count). The van der Waals surface area contributed by atoms with Gasteiger partial charge in [-0.2, -0.15) is 0 Å². The van der Waals surface area contributed by atoms with E-state index in [9.17, 15) is 23.3 Å². The number of aromatic nitrogens is 1. The van der Waals surface area contributed by atoms with Gasteiger partial charge in [-0.05, 0) is 62.1 Å². The molecule has 2 aliphatic rings. The maximum absolute atomic E-state index is 12.4. The standard InChI is InChI=1S/C27H30F3N5O4/c28-27(29,30)39-22-13-7-18(8-14-22)25-16-31-26(38-25)33-24-6-2-1-5-23(24)32-19-4-3-15-34(17-19)20-9-11-21(12-10-20)35(36)37/h7-14,16,19,23-24,32H,1-6,15,17H2,(H,31,33)/t19-,23?,24?/m0/s1. The molecule has 2 aromatic carbocycles. The third kappa shape index (κ3) is 6.99. The maximum atomic E-state index is 12.4. The number of nitro groups is 1. The third-order valence-corrected chi connectivity index (χ3v) is 7.25. The zero-order chi connectivity index (χ0) is 27.4. The Balaban J connectivity index is 1.19. The highest BCUT2D eigenvalue weighted by atomic mass is 19.4. The zero-order valence-electron chi connectivity index (χ0n) is 21.2. The summed E-state index contributed by atoms with van der Waals surface area (Å²) >= 11 is 0. The van der Waals surface area contributed by atoms with Crippen LogP contribution in [0.15, 0.2) is 59.1 Å². The van der Waals surface area contributed by atoms with Gasteiger partial charge in [0.05, 0.1) is 11.1 Å². The van der Waals surface area contributed by atoms with Crippen molar-refractivity contribution in [3.63, 3.8) is 0 Å². The fraction of sp³-hybridized carbons (Fsp3) is 0.444. The van der Waals surface area contributed by atoms with Crippen LogP contribution in [0.25, 0.3) is 11.3 Å². The second-order valence-corrected chi connectivity index (χ2v) is 9.97. The topological polar surface area (TPSA) is 106 Å². The molecule has 2 fully saturated rings. The van der Waals surface area contributed by atoms with Crippen LogP contribution in [0.4, 0.5) is 30.6 Å². The molecule has 39 heavy (non-hydrogen) atoms. The monoisotopic (exact) mass is 545 g/mol. The lowest BCUT2D eigenvalue weighted by Gasteiger charge is -2.40. The van der Waals surface area contributed by atoms with Gasteiger partial charge in [-0.25, -0.2) is 4.98 Å². The van der Waals surface area contributed by atoms with E-state index in [0.29, 0.717) is 17.3 Å². The van der Waals surface area contributed by atoms with Gasteiger partial charge in [0.1, 0.15) is 5.75 Å². The number of non-ortho nitro benzene ring substituents is 1. The molecule has 2 N–H and O–H groups in total. The lowest BCUT2D eigenvalue weighted by molar-refractivity contribution is -0.384. The van der Waals surface area contributed by atoms with E-state index in [1.807, 2.05) is 12.1 Å². The van der Waals surface area contributed by atoms with Crippen LogP contribution in [0.3, 0.4) is 0 Å². The molecule has 2 unspecified atom stereocenters. The van der Waals surface area contributed by atoms with Gasteiger partial charge in [-0.15, -0.1) is 13.2 Å². The molecule has 1 saturated heterocycles. The van der Waals surface area contributed by atoms with Crippen molar-refractivity contribution < 1.29 is 27.2 Å². The molecule has 1 aromatic heterocycles. The van der Waals surface area contributed by atoms with Crippen molar-refractivity contribution >= 4 is 17.4 Å². The van der Waals surface area contributed by atoms with Gasteiger partial charge in [-0.3, -0.25) is 10.1 Å². The number of ether oxygens (including phenoxy) is 1. The summed E-state index contributed by atoms with van der Waals surface area (Å²) in [4.78, 5) is 17.2. The summed E-state index contributed by atoms with van der Waals surface area (Å²) in [5.41, 5.74) is 1.66. The van der Waals surface area contributed by atoms with E-state index in [-0.39, 0.29) is 34.5 Å². The van der Waals surface area contributed by atoms with Gasteiger partial charge < -0.3 is 24.7 Å². The number of halogens is 3. The summed E-state index contributed by atoms with van der Waals surface area (Å²) in [7, 11) is 0. The Kier molecular flexibility index (Phi) is 7.92. The molecule has 3 atom stereocenters. The highest BCUT2D eigenvalue weighted by Crippen LogP contribution is 2.30. The van der Waals surface area contributed by atoms with Gasteiger partial charge >= 0.3 is 6.36 Å². The summed E-state index contributed by atoms with van der Waals surface area (Å²) in [6.45, 7) is 1.73. The normalized spacial score (nSPS) is 21.9. The summed E-state index contributed by atoms with van der Waals surface area (Å²) in [6.07, 6.45) is 3.06. The molecule has 1 aliphatic heterocycles. The number of piperidine rings is 1. The number of nitrogens with zero attached hydrogens (tertiary/aromatic N) is 3. The van der Waals surface area contributed by atoms with E-state index in [4.69, 9.17) is 4.42 Å². The Hall–Kier alpha value is -3.80. The van der Waals surface area contributed by atoms with Crippen molar-refractivity contribution in [1.82, 2.24) is 10.3 Å². The minimum atomic E-state index is -4.74. The Bertz CT molecular complexity index is 1250. The van der Waals surface area contributed by atoms with Crippen LogP contribution in [0.1, 0.15) is 38.5 Å². The minimum Gasteiger partial charge on any atom is -0.424 e. The van der Waals surface area contributed by atoms with Crippen LogP contribution in [-0.2, 0) is 0 Å². The average Bonchev–Trinajstić information content (AvgIpc) is 3.38. The van der Waals surface area contributed by atoms with Gasteiger partial charge in [-0.1, -0.05) is 12.8 Å². The Morgan fingerprint density at radius 1 is 1.00 bits per heavy atom. The van der Waals surface area contributed by atoms with Crippen LogP contribution in [-0.4, -0.2) is 47.5 Å². The first-order valence-corrected chi connectivity index (χ1v) is 13.1. The van der Waals surface area contributed by atoms with Crippen molar-refractivity contribution in [2.24, 2.45) is 0 Å². The van der Waals surface area contributed by atoms with Crippen LogP contribution in [0.2, 0.25) is 0 Å². The molecule has 3 aromatic rings. The number of hydrogen-bond acceptors (Lipinski definition) is 8. The van der Waals surface area contributed by atoms with E-state index in [2.05, 4.69) is 25.3 Å². The Morgan fingerprint density at radius 3 is 2.41 bits per heavy atom. The number of hydrogen-bond donors (Lipinski definition) is 2. The predicted octanol–water partition coefficient (Wildman–Crippen LogP) is 6.13. The van der Waals surface area contributed by atoms with E-state index >= 15 is 0 Å². The van der Waals surface area contributed by atoms with E-state index < -0.39 is 6.36 Å². The van der Waals surface area contributed by atoms with Crippen molar-refractivity contribution in [2.45, 2.75) is 63.0 Å². The predicted molar refractivity (Wildman–Crippen MR) is 140 cm³/mol. The lowest BCUT2D eigenvalue weighted by atomic mass is 9.89. The molecule has 2 heterocycles. The van der Waals surface area contributed by atoms with Crippen molar-refractivity contribution in [3.8, 4) is 17.1 Å². The smallest absolute Gasteiger partial charge is 0.424 e. The third-order valence-electron chi connectivity index (χ3n) is 7.25. The molecule has 0 amide bonds. The van der Waals surface area contributed by atoms with Gasteiger partial charge in [0.15, 0.2) is 5.76 Å². The quantitative estimate of drug-likeness (QED) is 0.257. The lowest BCUT2D eigenvalue weighted by Crippen LogP contribution is -2.54. The molecular weight excluding hydrogens is 515 g/mol. The van der Waals surface area contributed by atoms with E-state index in [1.165, 1.54) is 24.3 Å². The number of anilines is 2. The second kappa shape index (κ2) is 11.5. The second-order valence-electron chi connectivity index (χ2n) is 9.97. The van der Waals surface area contributed by atoms with Gasteiger partial charge in [0, 0.05) is 54.6 Å². The fourth-order valence-corrected chi connectivity index (χ4v) is 5.39. The summed E-state index contributed by atoms with van der Waals surface area (Å²) in [5.74, 6) is 0.150. The molecule has 0 radical (unpaired) electrons. The maximum Gasteiger partial charge on any atom is 0.573 e. The number of rotatable bonds is 8. The molecule has 0 bridgehead atoms. The molecular formula is C27H30F3N5O4. The van der Waals surface area contributed by atoms with Gasteiger partial charge in [0.2, 0.25) is 0 Å². The molecule has 1 aliphatic carbocycles. The molecule has 1 saturated carbocycles. The number of oxazole rings is 1. The highest BCUT2D eigenvalue weighted by Gasteiger charge is 2.32. The van der Waals surface area contributed by atoms with Crippen LogP contribution >= 0.6 is 0 Å².